The van der Waals surface area contributed by atoms with Crippen LogP contribution in [0.3, 0.4) is 0 Å². The Morgan fingerprint density at radius 1 is 1.17 bits per heavy atom. The first-order valence-electron chi connectivity index (χ1n) is 10.9. The predicted octanol–water partition coefficient (Wildman–Crippen LogP) is 0.772. The summed E-state index contributed by atoms with van der Waals surface area (Å²) < 4.78 is 6.50. The van der Waals surface area contributed by atoms with Gasteiger partial charge in [-0.05, 0) is 25.0 Å². The van der Waals surface area contributed by atoms with E-state index in [4.69, 9.17) is 15.0 Å². The van der Waals surface area contributed by atoms with Crippen molar-refractivity contribution in [1.82, 2.24) is 34.4 Å². The van der Waals surface area contributed by atoms with Gasteiger partial charge < -0.3 is 9.64 Å². The van der Waals surface area contributed by atoms with Gasteiger partial charge in [0.25, 0.3) is 5.56 Å². The van der Waals surface area contributed by atoms with Gasteiger partial charge in [0.15, 0.2) is 0 Å². The van der Waals surface area contributed by atoms with E-state index in [-0.39, 0.29) is 29.8 Å². The van der Waals surface area contributed by atoms with E-state index < -0.39 is 11.2 Å². The van der Waals surface area contributed by atoms with Crippen molar-refractivity contribution in [3.8, 4) is 17.3 Å². The number of aromatic amines is 1. The second-order valence-electron chi connectivity index (χ2n) is 8.17. The molecule has 1 saturated heterocycles. The topological polar surface area (TPSA) is 160 Å². The molecule has 0 bridgehead atoms. The summed E-state index contributed by atoms with van der Waals surface area (Å²) in [7, 11) is 1.47. The molecule has 176 valence electrons. The van der Waals surface area contributed by atoms with Gasteiger partial charge >= 0.3 is 5.69 Å². The number of piperidine rings is 1. The highest BCUT2D eigenvalue weighted by Crippen LogP contribution is 2.28. The van der Waals surface area contributed by atoms with Gasteiger partial charge in [0, 0.05) is 50.4 Å². The van der Waals surface area contributed by atoms with E-state index in [1.807, 2.05) is 6.07 Å². The number of carbonyl (C=O) groups is 1. The molecule has 1 fully saturated rings. The zero-order chi connectivity index (χ0) is 24.5. The van der Waals surface area contributed by atoms with Crippen LogP contribution in [0.1, 0.15) is 24.7 Å². The van der Waals surface area contributed by atoms with Crippen molar-refractivity contribution in [3.63, 3.8) is 0 Å². The molecule has 0 radical (unpaired) electrons. The van der Waals surface area contributed by atoms with E-state index in [0.717, 1.165) is 0 Å². The fourth-order valence-electron chi connectivity index (χ4n) is 4.40. The number of rotatable bonds is 4. The molecule has 0 spiro atoms. The standard InChI is InChI=1S/C23H20N8O4/c1-35-12-19(32)30-6-4-14(5-7-30)31-21-15(22(33)29-23(31)34)11-25-17-3-2-16(28-20(17)21)13-9-26-18(8-24)27-10-13/h2-3,9-11,14H,4-7,12H2,1H3,(H,29,33,34). The van der Waals surface area contributed by atoms with Gasteiger partial charge in [-0.3, -0.25) is 24.1 Å². The SMILES string of the molecule is COCC(=O)N1CCC(n2c(=O)[nH]c(=O)c3cnc4ccc(-c5cnc(C#N)nc5)nc4c32)CC1. The molecule has 5 heterocycles. The van der Waals surface area contributed by atoms with Gasteiger partial charge in [0.1, 0.15) is 18.2 Å². The Morgan fingerprint density at radius 3 is 2.60 bits per heavy atom. The van der Waals surface area contributed by atoms with Crippen LogP contribution in [0, 0.1) is 11.3 Å². The van der Waals surface area contributed by atoms with Crippen LogP contribution in [-0.2, 0) is 9.53 Å². The number of likely N-dealkylation sites (tertiary alicyclic amines) is 1. The Bertz CT molecular complexity index is 1600. The van der Waals surface area contributed by atoms with Crippen LogP contribution in [0.4, 0.5) is 0 Å². The maximum atomic E-state index is 13.0. The van der Waals surface area contributed by atoms with Crippen molar-refractivity contribution in [3.05, 3.63) is 57.4 Å². The van der Waals surface area contributed by atoms with Crippen molar-refractivity contribution >= 4 is 27.8 Å². The highest BCUT2D eigenvalue weighted by atomic mass is 16.5. The Morgan fingerprint density at radius 2 is 1.91 bits per heavy atom. The number of amides is 1. The van der Waals surface area contributed by atoms with Crippen molar-refractivity contribution < 1.29 is 9.53 Å². The molecule has 0 unspecified atom stereocenters. The Hall–Kier alpha value is -4.50. The normalized spacial score (nSPS) is 14.3. The van der Waals surface area contributed by atoms with Gasteiger partial charge in [-0.1, -0.05) is 0 Å². The maximum absolute atomic E-state index is 13.0. The lowest BCUT2D eigenvalue weighted by Gasteiger charge is -2.33. The highest BCUT2D eigenvalue weighted by Gasteiger charge is 2.27. The number of H-pyrrole nitrogens is 1. The lowest BCUT2D eigenvalue weighted by molar-refractivity contribution is -0.136. The molecular weight excluding hydrogens is 452 g/mol. The molecule has 4 aromatic heterocycles. The Kier molecular flexibility index (Phi) is 5.76. The maximum Gasteiger partial charge on any atom is 0.329 e. The Balaban J connectivity index is 1.64. The van der Waals surface area contributed by atoms with E-state index in [9.17, 15) is 14.4 Å². The van der Waals surface area contributed by atoms with Gasteiger partial charge in [-0.15, -0.1) is 0 Å². The molecule has 0 saturated carbocycles. The third kappa shape index (κ3) is 4.02. The fourth-order valence-corrected chi connectivity index (χ4v) is 4.40. The number of ether oxygens (including phenoxy) is 1. The third-order valence-corrected chi connectivity index (χ3v) is 6.11. The molecule has 0 atom stereocenters. The minimum atomic E-state index is -0.544. The minimum absolute atomic E-state index is 0.00820. The van der Waals surface area contributed by atoms with E-state index in [2.05, 4.69) is 19.9 Å². The summed E-state index contributed by atoms with van der Waals surface area (Å²) >= 11 is 0. The molecule has 1 N–H and O–H groups in total. The molecule has 1 amide bonds. The summed E-state index contributed by atoms with van der Waals surface area (Å²) in [5.74, 6) is -0.0624. The number of nitrogens with one attached hydrogen (secondary N) is 1. The fraction of sp³-hybridized carbons (Fsp3) is 0.304. The van der Waals surface area contributed by atoms with Gasteiger partial charge in [-0.2, -0.15) is 5.26 Å². The summed E-state index contributed by atoms with van der Waals surface area (Å²) in [6.07, 6.45) is 5.48. The first-order chi connectivity index (χ1) is 17.0. The molecule has 1 aliphatic heterocycles. The average Bonchev–Trinajstić information content (AvgIpc) is 2.89. The molecular formula is C23H20N8O4. The lowest BCUT2D eigenvalue weighted by Crippen LogP contribution is -2.43. The summed E-state index contributed by atoms with van der Waals surface area (Å²) in [6.45, 7) is 0.933. The van der Waals surface area contributed by atoms with E-state index in [1.54, 1.807) is 21.6 Å². The molecule has 35 heavy (non-hydrogen) atoms. The van der Waals surface area contributed by atoms with E-state index in [1.165, 1.54) is 25.7 Å². The van der Waals surface area contributed by atoms with Crippen LogP contribution in [0.15, 0.2) is 40.3 Å². The van der Waals surface area contributed by atoms with Crippen LogP contribution >= 0.6 is 0 Å². The summed E-state index contributed by atoms with van der Waals surface area (Å²) in [6, 6.07) is 5.11. The number of aromatic nitrogens is 6. The van der Waals surface area contributed by atoms with Crippen LogP contribution in [-0.4, -0.2) is 67.1 Å². The number of hydrogen-bond donors (Lipinski definition) is 1. The molecule has 12 nitrogen and oxygen atoms in total. The monoisotopic (exact) mass is 472 g/mol. The van der Waals surface area contributed by atoms with Crippen molar-refractivity contribution in [2.24, 2.45) is 0 Å². The zero-order valence-corrected chi connectivity index (χ0v) is 18.8. The lowest BCUT2D eigenvalue weighted by atomic mass is 10.0. The zero-order valence-electron chi connectivity index (χ0n) is 18.8. The molecule has 1 aliphatic rings. The minimum Gasteiger partial charge on any atom is -0.375 e. The number of nitrogens with zero attached hydrogens (tertiary/aromatic N) is 7. The van der Waals surface area contributed by atoms with Crippen LogP contribution < -0.4 is 11.2 Å². The number of pyridine rings is 2. The highest BCUT2D eigenvalue weighted by molar-refractivity contribution is 6.01. The number of nitriles is 1. The number of fused-ring (bicyclic) bond motifs is 3. The van der Waals surface area contributed by atoms with Gasteiger partial charge in [-0.25, -0.2) is 19.7 Å². The van der Waals surface area contributed by atoms with Crippen molar-refractivity contribution in [1.29, 1.82) is 5.26 Å². The van der Waals surface area contributed by atoms with Crippen molar-refractivity contribution in [2.45, 2.75) is 18.9 Å². The van der Waals surface area contributed by atoms with Crippen LogP contribution in [0.5, 0.6) is 0 Å². The molecule has 12 heteroatoms. The first-order valence-corrected chi connectivity index (χ1v) is 10.9. The second-order valence-corrected chi connectivity index (χ2v) is 8.17. The quantitative estimate of drug-likeness (QED) is 0.423. The Labute approximate surface area is 197 Å². The molecule has 4 aromatic rings. The smallest absolute Gasteiger partial charge is 0.329 e. The second kappa shape index (κ2) is 9.03. The van der Waals surface area contributed by atoms with E-state index >= 15 is 0 Å². The summed E-state index contributed by atoms with van der Waals surface area (Å²) in [4.78, 5) is 59.1. The van der Waals surface area contributed by atoms with Crippen molar-refractivity contribution in [2.75, 3.05) is 26.8 Å². The summed E-state index contributed by atoms with van der Waals surface area (Å²) in [5.41, 5.74) is 1.31. The first kappa shape index (κ1) is 22.3. The number of carbonyl (C=O) groups excluding carboxylic acids is 1. The third-order valence-electron chi connectivity index (χ3n) is 6.11. The molecule has 0 aliphatic carbocycles. The van der Waals surface area contributed by atoms with E-state index in [0.29, 0.717) is 53.7 Å². The number of methoxy groups -OCH3 is 1. The van der Waals surface area contributed by atoms with Gasteiger partial charge in [0.05, 0.1) is 22.1 Å². The van der Waals surface area contributed by atoms with Crippen LogP contribution in [0.25, 0.3) is 33.2 Å². The van der Waals surface area contributed by atoms with Gasteiger partial charge in [0.2, 0.25) is 11.7 Å². The largest absolute Gasteiger partial charge is 0.375 e. The van der Waals surface area contributed by atoms with Crippen LogP contribution in [0.2, 0.25) is 0 Å². The molecule has 0 aromatic carbocycles. The molecule has 5 rings (SSSR count). The predicted molar refractivity (Wildman–Crippen MR) is 124 cm³/mol. The number of hydrogen-bond acceptors (Lipinski definition) is 9. The summed E-state index contributed by atoms with van der Waals surface area (Å²) in [5, 5.41) is 9.19. The average molecular weight is 472 g/mol.